The molecule has 0 aromatic heterocycles. The van der Waals surface area contributed by atoms with E-state index >= 15 is 0 Å². The van der Waals surface area contributed by atoms with Gasteiger partial charge >= 0.3 is 17.9 Å². The Morgan fingerprint density at radius 3 is 0.762 bits per heavy atom. The summed E-state index contributed by atoms with van der Waals surface area (Å²) in [5, 5.41) is 0. The predicted octanol–water partition coefficient (Wildman–Crippen LogP) is 23.8. The minimum Gasteiger partial charge on any atom is -0.462 e. The van der Waals surface area contributed by atoms with Crippen molar-refractivity contribution < 1.29 is 28.6 Å². The molecule has 0 fully saturated rings. The second-order valence-electron chi connectivity index (χ2n) is 23.1. The van der Waals surface area contributed by atoms with Gasteiger partial charge in [-0.2, -0.15) is 0 Å². The summed E-state index contributed by atoms with van der Waals surface area (Å²) in [7, 11) is 0. The smallest absolute Gasteiger partial charge is 0.306 e. The Kier molecular flexibility index (Phi) is 65.2. The third-order valence-electron chi connectivity index (χ3n) is 15.2. The molecular formula is C74H130O6. The van der Waals surface area contributed by atoms with Gasteiger partial charge in [0.15, 0.2) is 6.10 Å². The molecule has 0 amide bonds. The molecule has 0 aliphatic heterocycles. The number of rotatable bonds is 63. The second-order valence-corrected chi connectivity index (χ2v) is 23.1. The van der Waals surface area contributed by atoms with Crippen LogP contribution in [0.4, 0.5) is 0 Å². The molecule has 0 rings (SSSR count). The highest BCUT2D eigenvalue weighted by Crippen LogP contribution is 2.18. The van der Waals surface area contributed by atoms with Crippen LogP contribution in [0.25, 0.3) is 0 Å². The quantitative estimate of drug-likeness (QED) is 0.0261. The molecule has 0 N–H and O–H groups in total. The van der Waals surface area contributed by atoms with Gasteiger partial charge in [0, 0.05) is 19.3 Å². The van der Waals surface area contributed by atoms with E-state index in [1.807, 2.05) is 0 Å². The highest BCUT2D eigenvalue weighted by atomic mass is 16.6. The van der Waals surface area contributed by atoms with Crippen molar-refractivity contribution in [1.82, 2.24) is 0 Å². The van der Waals surface area contributed by atoms with E-state index in [2.05, 4.69) is 106 Å². The maximum Gasteiger partial charge on any atom is 0.306 e. The van der Waals surface area contributed by atoms with Crippen molar-refractivity contribution in [1.29, 1.82) is 0 Å². The summed E-state index contributed by atoms with van der Waals surface area (Å²) in [4.78, 5) is 38.4. The van der Waals surface area contributed by atoms with Crippen LogP contribution >= 0.6 is 0 Å². The summed E-state index contributed by atoms with van der Waals surface area (Å²) >= 11 is 0. The number of hydrogen-bond donors (Lipinski definition) is 0. The molecule has 462 valence electrons. The van der Waals surface area contributed by atoms with Crippen LogP contribution in [0.3, 0.4) is 0 Å². The zero-order chi connectivity index (χ0) is 57.8. The second kappa shape index (κ2) is 68.1. The van der Waals surface area contributed by atoms with Crippen LogP contribution in [0.5, 0.6) is 0 Å². The Bertz CT molecular complexity index is 1520. The lowest BCUT2D eigenvalue weighted by Gasteiger charge is -2.18. The van der Waals surface area contributed by atoms with E-state index in [1.54, 1.807) is 0 Å². The summed E-state index contributed by atoms with van der Waals surface area (Å²) in [6.07, 6.45) is 90.3. The molecule has 0 aromatic rings. The van der Waals surface area contributed by atoms with Crippen molar-refractivity contribution in [2.45, 2.75) is 354 Å². The van der Waals surface area contributed by atoms with Gasteiger partial charge in [-0.05, 0) is 77.0 Å². The van der Waals surface area contributed by atoms with Gasteiger partial charge in [0.25, 0.3) is 0 Å². The van der Waals surface area contributed by atoms with Gasteiger partial charge in [-0.1, -0.05) is 337 Å². The molecule has 0 radical (unpaired) electrons. The highest BCUT2D eigenvalue weighted by molar-refractivity contribution is 5.71. The Balaban J connectivity index is 4.41. The number of allylic oxidation sites excluding steroid dienone is 14. The minimum absolute atomic E-state index is 0.0823. The van der Waals surface area contributed by atoms with Gasteiger partial charge in [0.05, 0.1) is 0 Å². The van der Waals surface area contributed by atoms with Crippen LogP contribution in [-0.4, -0.2) is 37.2 Å². The lowest BCUT2D eigenvalue weighted by molar-refractivity contribution is -0.167. The van der Waals surface area contributed by atoms with Crippen molar-refractivity contribution in [3.8, 4) is 0 Å². The van der Waals surface area contributed by atoms with Crippen molar-refractivity contribution >= 4 is 17.9 Å². The molecule has 0 aromatic carbocycles. The van der Waals surface area contributed by atoms with Gasteiger partial charge in [-0.15, -0.1) is 0 Å². The van der Waals surface area contributed by atoms with Crippen LogP contribution < -0.4 is 0 Å². The van der Waals surface area contributed by atoms with E-state index in [0.29, 0.717) is 19.3 Å². The SMILES string of the molecule is CC/C=C\C/C=C\C/C=C\C/C=C\C/C=C\C/C=C\C/C=C\CCCCCC(=O)OCC(COC(=O)CCCCCCCCCCCCCCCCCCCC)OC(=O)CCCCCCCCCCCCCCCCCCCCC. The van der Waals surface area contributed by atoms with Crippen LogP contribution in [-0.2, 0) is 28.6 Å². The molecule has 0 saturated heterocycles. The third-order valence-corrected chi connectivity index (χ3v) is 15.2. The summed E-state index contributed by atoms with van der Waals surface area (Å²) < 4.78 is 17.0. The van der Waals surface area contributed by atoms with Gasteiger partial charge in [0.2, 0.25) is 0 Å². The summed E-state index contributed by atoms with van der Waals surface area (Å²) in [6, 6.07) is 0. The number of carbonyl (C=O) groups excluding carboxylic acids is 3. The number of esters is 3. The molecule has 0 aliphatic carbocycles. The molecule has 0 heterocycles. The van der Waals surface area contributed by atoms with Gasteiger partial charge in [-0.25, -0.2) is 0 Å². The molecule has 0 bridgehead atoms. The average molecular weight is 1120 g/mol. The molecule has 6 nitrogen and oxygen atoms in total. The Labute approximate surface area is 496 Å². The largest absolute Gasteiger partial charge is 0.462 e. The summed E-state index contributed by atoms with van der Waals surface area (Å²) in [6.45, 7) is 6.56. The zero-order valence-electron chi connectivity index (χ0n) is 53.1. The van der Waals surface area contributed by atoms with E-state index in [4.69, 9.17) is 14.2 Å². The van der Waals surface area contributed by atoms with Gasteiger partial charge in [-0.3, -0.25) is 14.4 Å². The van der Waals surface area contributed by atoms with E-state index < -0.39 is 6.10 Å². The van der Waals surface area contributed by atoms with Crippen molar-refractivity contribution in [3.05, 3.63) is 85.1 Å². The maximum atomic E-state index is 13.0. The number of carbonyl (C=O) groups is 3. The lowest BCUT2D eigenvalue weighted by atomic mass is 10.0. The lowest BCUT2D eigenvalue weighted by Crippen LogP contribution is -2.30. The zero-order valence-corrected chi connectivity index (χ0v) is 53.1. The first-order chi connectivity index (χ1) is 39.5. The fraction of sp³-hybridized carbons (Fsp3) is 0.770. The molecule has 6 heteroatoms. The molecular weight excluding hydrogens is 985 g/mol. The van der Waals surface area contributed by atoms with Crippen LogP contribution in [0, 0.1) is 0 Å². The highest BCUT2D eigenvalue weighted by Gasteiger charge is 2.19. The van der Waals surface area contributed by atoms with Gasteiger partial charge in [0.1, 0.15) is 13.2 Å². The fourth-order valence-electron chi connectivity index (χ4n) is 10.0. The standard InChI is InChI=1S/C74H130O6/c1-4-7-10-13-16-19-22-25-28-31-34-35-36-37-38-39-41-43-46-49-52-55-58-61-64-67-73(76)79-70-71(69-78-72(75)66-63-60-57-54-51-48-45-42-33-30-27-24-21-18-15-12-9-6-3)80-74(77)68-65-62-59-56-53-50-47-44-40-32-29-26-23-20-17-14-11-8-5-2/h7,10,16,19,25,28,34-35,37-38,41,43,49,52,71H,4-6,8-9,11-15,17-18,20-24,26-27,29-33,36,39-40,42,44-48,50-51,53-70H2,1-3H3/b10-7-,19-16-,28-25-,35-34-,38-37-,43-41-,52-49-. The molecule has 1 unspecified atom stereocenters. The number of hydrogen-bond acceptors (Lipinski definition) is 6. The molecule has 1 atom stereocenters. The first-order valence-electron chi connectivity index (χ1n) is 34.6. The van der Waals surface area contributed by atoms with Crippen LogP contribution in [0.1, 0.15) is 348 Å². The van der Waals surface area contributed by atoms with Crippen LogP contribution in [0.15, 0.2) is 85.1 Å². The maximum absolute atomic E-state index is 13.0. The van der Waals surface area contributed by atoms with Crippen molar-refractivity contribution in [2.75, 3.05) is 13.2 Å². The predicted molar refractivity (Wildman–Crippen MR) is 348 cm³/mol. The first kappa shape index (κ1) is 76.6. The van der Waals surface area contributed by atoms with E-state index in [-0.39, 0.29) is 31.1 Å². The fourth-order valence-corrected chi connectivity index (χ4v) is 10.0. The topological polar surface area (TPSA) is 78.9 Å². The third kappa shape index (κ3) is 65.4. The Morgan fingerprint density at radius 1 is 0.263 bits per heavy atom. The van der Waals surface area contributed by atoms with Crippen molar-refractivity contribution in [3.63, 3.8) is 0 Å². The Hall–Kier alpha value is -3.41. The van der Waals surface area contributed by atoms with Gasteiger partial charge < -0.3 is 14.2 Å². The normalized spacial score (nSPS) is 12.6. The monoisotopic (exact) mass is 1110 g/mol. The molecule has 0 spiro atoms. The molecule has 0 saturated carbocycles. The first-order valence-corrected chi connectivity index (χ1v) is 34.6. The summed E-state index contributed by atoms with van der Waals surface area (Å²) in [5.74, 6) is -0.895. The Morgan fingerprint density at radius 2 is 0.487 bits per heavy atom. The molecule has 80 heavy (non-hydrogen) atoms. The minimum atomic E-state index is -0.790. The van der Waals surface area contributed by atoms with E-state index in [9.17, 15) is 14.4 Å². The number of ether oxygens (including phenoxy) is 3. The average Bonchev–Trinajstić information content (AvgIpc) is 3.46. The van der Waals surface area contributed by atoms with Crippen molar-refractivity contribution in [2.24, 2.45) is 0 Å². The number of unbranched alkanes of at least 4 members (excludes halogenated alkanes) is 38. The summed E-state index contributed by atoms with van der Waals surface area (Å²) in [5.41, 5.74) is 0. The van der Waals surface area contributed by atoms with E-state index in [1.165, 1.54) is 199 Å². The van der Waals surface area contributed by atoms with Crippen LogP contribution in [0.2, 0.25) is 0 Å². The van der Waals surface area contributed by atoms with E-state index in [0.717, 1.165) is 109 Å². The molecule has 0 aliphatic rings.